The maximum Gasteiger partial charge on any atom is 0.108 e. The van der Waals surface area contributed by atoms with Gasteiger partial charge in [-0.3, -0.25) is 0 Å². The standard InChI is InChI=1S/C9H15N3/c1-7(10)8-6-11-9-4-2-3-5-12(8)9/h6-7H,2-5,10H2,1H3. The summed E-state index contributed by atoms with van der Waals surface area (Å²) in [5, 5.41) is 0. The maximum absolute atomic E-state index is 5.82. The molecule has 1 aliphatic heterocycles. The lowest BCUT2D eigenvalue weighted by Crippen LogP contribution is -2.17. The van der Waals surface area contributed by atoms with Crippen molar-refractivity contribution in [3.63, 3.8) is 0 Å². The molecule has 0 saturated heterocycles. The Balaban J connectivity index is 2.38. The van der Waals surface area contributed by atoms with E-state index in [4.69, 9.17) is 5.73 Å². The Hall–Kier alpha value is -0.830. The number of aryl methyl sites for hydroxylation is 1. The third-order valence-electron chi connectivity index (χ3n) is 2.47. The van der Waals surface area contributed by atoms with Crippen LogP contribution < -0.4 is 5.73 Å². The average molecular weight is 165 g/mol. The van der Waals surface area contributed by atoms with Crippen molar-refractivity contribution in [1.82, 2.24) is 9.55 Å². The largest absolute Gasteiger partial charge is 0.331 e. The first-order valence-electron chi connectivity index (χ1n) is 4.59. The van der Waals surface area contributed by atoms with Crippen molar-refractivity contribution in [2.75, 3.05) is 0 Å². The van der Waals surface area contributed by atoms with Gasteiger partial charge < -0.3 is 10.3 Å². The molecule has 1 aromatic heterocycles. The highest BCUT2D eigenvalue weighted by atomic mass is 15.1. The molecule has 1 aliphatic rings. The molecule has 0 amide bonds. The quantitative estimate of drug-likeness (QED) is 0.680. The number of imidazole rings is 1. The molecule has 66 valence electrons. The first-order valence-corrected chi connectivity index (χ1v) is 4.59. The summed E-state index contributed by atoms with van der Waals surface area (Å²) in [5.74, 6) is 1.22. The molecular formula is C9H15N3. The molecule has 0 fully saturated rings. The number of hydrogen-bond acceptors (Lipinski definition) is 2. The van der Waals surface area contributed by atoms with Crippen LogP contribution in [0.15, 0.2) is 6.20 Å². The Morgan fingerprint density at radius 2 is 2.42 bits per heavy atom. The van der Waals surface area contributed by atoms with E-state index in [0.717, 1.165) is 13.0 Å². The molecule has 0 aliphatic carbocycles. The molecule has 3 heteroatoms. The van der Waals surface area contributed by atoms with Gasteiger partial charge in [0.05, 0.1) is 11.9 Å². The molecule has 0 spiro atoms. The van der Waals surface area contributed by atoms with Gasteiger partial charge in [0.1, 0.15) is 5.82 Å². The SMILES string of the molecule is CC(N)c1cnc2n1CCCC2. The lowest BCUT2D eigenvalue weighted by molar-refractivity contribution is 0.498. The van der Waals surface area contributed by atoms with Gasteiger partial charge in [0.25, 0.3) is 0 Å². The summed E-state index contributed by atoms with van der Waals surface area (Å²) in [6, 6.07) is 0.115. The Morgan fingerprint density at radius 1 is 1.58 bits per heavy atom. The van der Waals surface area contributed by atoms with Crippen LogP contribution in [0.25, 0.3) is 0 Å². The van der Waals surface area contributed by atoms with E-state index in [1.165, 1.54) is 24.4 Å². The average Bonchev–Trinajstić information content (AvgIpc) is 2.47. The third kappa shape index (κ3) is 1.14. The van der Waals surface area contributed by atoms with Crippen LogP contribution >= 0.6 is 0 Å². The fourth-order valence-electron chi connectivity index (χ4n) is 1.80. The Bertz CT molecular complexity index is 275. The van der Waals surface area contributed by atoms with Crippen LogP contribution in [0.4, 0.5) is 0 Å². The van der Waals surface area contributed by atoms with Crippen molar-refractivity contribution in [2.45, 2.75) is 38.8 Å². The van der Waals surface area contributed by atoms with Gasteiger partial charge in [-0.25, -0.2) is 4.98 Å². The van der Waals surface area contributed by atoms with Crippen molar-refractivity contribution in [3.8, 4) is 0 Å². The second kappa shape index (κ2) is 2.90. The third-order valence-corrected chi connectivity index (χ3v) is 2.47. The summed E-state index contributed by atoms with van der Waals surface area (Å²) < 4.78 is 2.27. The molecule has 2 N–H and O–H groups in total. The van der Waals surface area contributed by atoms with Crippen molar-refractivity contribution < 1.29 is 0 Å². The number of nitrogens with zero attached hydrogens (tertiary/aromatic N) is 2. The molecule has 0 radical (unpaired) electrons. The second-order valence-electron chi connectivity index (χ2n) is 3.50. The van der Waals surface area contributed by atoms with Crippen molar-refractivity contribution in [1.29, 1.82) is 0 Å². The van der Waals surface area contributed by atoms with Crippen molar-refractivity contribution >= 4 is 0 Å². The van der Waals surface area contributed by atoms with Crippen LogP contribution in [0, 0.1) is 0 Å². The molecule has 0 bridgehead atoms. The van der Waals surface area contributed by atoms with Crippen LogP contribution in [-0.4, -0.2) is 9.55 Å². The molecular weight excluding hydrogens is 150 g/mol. The first kappa shape index (κ1) is 7.80. The summed E-state index contributed by atoms with van der Waals surface area (Å²) in [5.41, 5.74) is 7.01. The van der Waals surface area contributed by atoms with E-state index in [-0.39, 0.29) is 6.04 Å². The fourth-order valence-corrected chi connectivity index (χ4v) is 1.80. The molecule has 1 atom stereocenters. The minimum absolute atomic E-state index is 0.115. The van der Waals surface area contributed by atoms with E-state index in [2.05, 4.69) is 9.55 Å². The van der Waals surface area contributed by atoms with Crippen LogP contribution in [0.2, 0.25) is 0 Å². The van der Waals surface area contributed by atoms with Gasteiger partial charge in [-0.1, -0.05) is 0 Å². The normalized spacial score (nSPS) is 18.8. The highest BCUT2D eigenvalue weighted by Gasteiger charge is 2.15. The predicted molar refractivity (Wildman–Crippen MR) is 47.8 cm³/mol. The molecule has 2 heterocycles. The van der Waals surface area contributed by atoms with E-state index in [1.54, 1.807) is 0 Å². The number of fused-ring (bicyclic) bond motifs is 1. The summed E-state index contributed by atoms with van der Waals surface area (Å²) in [4.78, 5) is 4.36. The van der Waals surface area contributed by atoms with Gasteiger partial charge in [0.2, 0.25) is 0 Å². The smallest absolute Gasteiger partial charge is 0.108 e. The van der Waals surface area contributed by atoms with Crippen LogP contribution in [0.5, 0.6) is 0 Å². The van der Waals surface area contributed by atoms with E-state index < -0.39 is 0 Å². The summed E-state index contributed by atoms with van der Waals surface area (Å²) in [7, 11) is 0. The number of rotatable bonds is 1. The van der Waals surface area contributed by atoms with Gasteiger partial charge in [-0.2, -0.15) is 0 Å². The Labute approximate surface area is 72.6 Å². The predicted octanol–water partition coefficient (Wildman–Crippen LogP) is 1.24. The minimum Gasteiger partial charge on any atom is -0.331 e. The number of nitrogens with two attached hydrogens (primary N) is 1. The summed E-state index contributed by atoms with van der Waals surface area (Å²) in [6.45, 7) is 3.12. The lowest BCUT2D eigenvalue weighted by Gasteiger charge is -2.17. The number of aromatic nitrogens is 2. The highest BCUT2D eigenvalue weighted by molar-refractivity contribution is 5.10. The van der Waals surface area contributed by atoms with E-state index >= 15 is 0 Å². The zero-order valence-electron chi connectivity index (χ0n) is 7.45. The molecule has 0 saturated carbocycles. The van der Waals surface area contributed by atoms with Crippen LogP contribution in [-0.2, 0) is 13.0 Å². The summed E-state index contributed by atoms with van der Waals surface area (Å²) >= 11 is 0. The Kier molecular flexibility index (Phi) is 1.89. The molecule has 1 aromatic rings. The molecule has 0 aromatic carbocycles. The summed E-state index contributed by atoms with van der Waals surface area (Å²) in [6.07, 6.45) is 5.58. The maximum atomic E-state index is 5.82. The molecule has 3 nitrogen and oxygen atoms in total. The van der Waals surface area contributed by atoms with E-state index in [0.29, 0.717) is 0 Å². The highest BCUT2D eigenvalue weighted by Crippen LogP contribution is 2.19. The van der Waals surface area contributed by atoms with Crippen LogP contribution in [0.3, 0.4) is 0 Å². The second-order valence-corrected chi connectivity index (χ2v) is 3.50. The first-order chi connectivity index (χ1) is 5.79. The zero-order chi connectivity index (χ0) is 8.55. The molecule has 12 heavy (non-hydrogen) atoms. The molecule has 1 unspecified atom stereocenters. The zero-order valence-corrected chi connectivity index (χ0v) is 7.45. The van der Waals surface area contributed by atoms with E-state index in [1.807, 2.05) is 13.1 Å². The van der Waals surface area contributed by atoms with Crippen molar-refractivity contribution in [2.24, 2.45) is 5.73 Å². The van der Waals surface area contributed by atoms with Gasteiger partial charge in [0, 0.05) is 19.0 Å². The van der Waals surface area contributed by atoms with Gasteiger partial charge in [-0.05, 0) is 19.8 Å². The van der Waals surface area contributed by atoms with Crippen LogP contribution in [0.1, 0.15) is 37.3 Å². The van der Waals surface area contributed by atoms with Crippen molar-refractivity contribution in [3.05, 3.63) is 17.7 Å². The number of hydrogen-bond donors (Lipinski definition) is 1. The van der Waals surface area contributed by atoms with E-state index in [9.17, 15) is 0 Å². The Morgan fingerprint density at radius 3 is 3.17 bits per heavy atom. The molecule has 2 rings (SSSR count). The van der Waals surface area contributed by atoms with Gasteiger partial charge in [0.15, 0.2) is 0 Å². The minimum atomic E-state index is 0.115. The topological polar surface area (TPSA) is 43.8 Å². The fraction of sp³-hybridized carbons (Fsp3) is 0.667. The monoisotopic (exact) mass is 165 g/mol. The van der Waals surface area contributed by atoms with Gasteiger partial charge >= 0.3 is 0 Å². The van der Waals surface area contributed by atoms with Gasteiger partial charge in [-0.15, -0.1) is 0 Å². The lowest BCUT2D eigenvalue weighted by atomic mass is 10.1.